The molecule has 1 N–H and O–H groups in total. The van der Waals surface area contributed by atoms with E-state index in [1.54, 1.807) is 4.68 Å². The van der Waals surface area contributed by atoms with Gasteiger partial charge in [0.25, 0.3) is 0 Å². The van der Waals surface area contributed by atoms with Gasteiger partial charge in [0.15, 0.2) is 11.5 Å². The van der Waals surface area contributed by atoms with Gasteiger partial charge in [0.05, 0.1) is 10.2 Å². The first kappa shape index (κ1) is 12.5. The summed E-state index contributed by atoms with van der Waals surface area (Å²) in [5.41, 5.74) is 2.18. The van der Waals surface area contributed by atoms with Crippen LogP contribution in [0.4, 0.5) is 0 Å². The molecule has 0 amide bonds. The highest BCUT2D eigenvalue weighted by Crippen LogP contribution is 2.39. The molecule has 2 heterocycles. The smallest absolute Gasteiger partial charge is 0.231 e. The Morgan fingerprint density at radius 1 is 1.37 bits per heavy atom. The molecule has 0 saturated heterocycles. The molecule has 0 atom stereocenters. The van der Waals surface area contributed by atoms with E-state index in [9.17, 15) is 0 Å². The standard InChI is InChI=1S/C13H14BrN3O2/c1-17-3-2-10(16-17)7-15-6-9-4-11(14)13-12(5-9)18-8-19-13/h2-5,15H,6-8H2,1H3. The largest absolute Gasteiger partial charge is 0.454 e. The van der Waals surface area contributed by atoms with Crippen LogP contribution >= 0.6 is 15.9 Å². The van der Waals surface area contributed by atoms with E-state index >= 15 is 0 Å². The van der Waals surface area contributed by atoms with Crippen LogP contribution < -0.4 is 14.8 Å². The van der Waals surface area contributed by atoms with E-state index in [4.69, 9.17) is 9.47 Å². The summed E-state index contributed by atoms with van der Waals surface area (Å²) in [6.45, 7) is 1.79. The average molecular weight is 324 g/mol. The number of ether oxygens (including phenoxy) is 2. The summed E-state index contributed by atoms with van der Waals surface area (Å²) in [5.74, 6) is 1.58. The topological polar surface area (TPSA) is 48.3 Å². The van der Waals surface area contributed by atoms with Crippen LogP contribution in [0.25, 0.3) is 0 Å². The number of nitrogens with zero attached hydrogens (tertiary/aromatic N) is 2. The van der Waals surface area contributed by atoms with Crippen LogP contribution in [0.5, 0.6) is 11.5 Å². The summed E-state index contributed by atoms with van der Waals surface area (Å²) >= 11 is 3.49. The second-order valence-electron chi connectivity index (χ2n) is 4.40. The first-order chi connectivity index (χ1) is 9.22. The molecule has 1 aliphatic heterocycles. The summed E-state index contributed by atoms with van der Waals surface area (Å²) in [5, 5.41) is 7.67. The number of benzene rings is 1. The minimum Gasteiger partial charge on any atom is -0.454 e. The minimum absolute atomic E-state index is 0.290. The lowest BCUT2D eigenvalue weighted by atomic mass is 10.2. The van der Waals surface area contributed by atoms with Crippen molar-refractivity contribution in [3.63, 3.8) is 0 Å². The van der Waals surface area contributed by atoms with Gasteiger partial charge >= 0.3 is 0 Å². The molecule has 1 aromatic heterocycles. The van der Waals surface area contributed by atoms with Crippen molar-refractivity contribution in [1.29, 1.82) is 0 Å². The van der Waals surface area contributed by atoms with Crippen LogP contribution in [0, 0.1) is 0 Å². The van der Waals surface area contributed by atoms with Crippen molar-refractivity contribution in [2.75, 3.05) is 6.79 Å². The van der Waals surface area contributed by atoms with E-state index in [1.807, 2.05) is 31.4 Å². The SMILES string of the molecule is Cn1ccc(CNCc2cc(Br)c3c(c2)OCO3)n1. The van der Waals surface area contributed by atoms with Gasteiger partial charge < -0.3 is 14.8 Å². The van der Waals surface area contributed by atoms with Crippen LogP contribution in [0.1, 0.15) is 11.3 Å². The van der Waals surface area contributed by atoms with Gasteiger partial charge in [-0.1, -0.05) is 0 Å². The van der Waals surface area contributed by atoms with Gasteiger partial charge in [0, 0.05) is 26.3 Å². The van der Waals surface area contributed by atoms with Crippen LogP contribution in [0.2, 0.25) is 0 Å². The molecule has 2 aromatic rings. The Morgan fingerprint density at radius 3 is 3.05 bits per heavy atom. The molecule has 0 aliphatic carbocycles. The zero-order valence-corrected chi connectivity index (χ0v) is 12.1. The maximum atomic E-state index is 5.39. The van der Waals surface area contributed by atoms with Crippen molar-refractivity contribution in [3.8, 4) is 11.5 Å². The molecule has 0 spiro atoms. The Hall–Kier alpha value is -1.53. The fourth-order valence-electron chi connectivity index (χ4n) is 2.02. The third kappa shape index (κ3) is 2.74. The molecule has 0 bridgehead atoms. The number of hydrogen-bond donors (Lipinski definition) is 1. The molecule has 3 rings (SSSR count). The fraction of sp³-hybridized carbons (Fsp3) is 0.308. The van der Waals surface area contributed by atoms with Crippen molar-refractivity contribution in [2.24, 2.45) is 7.05 Å². The molecule has 0 radical (unpaired) electrons. The highest BCUT2D eigenvalue weighted by Gasteiger charge is 2.17. The lowest BCUT2D eigenvalue weighted by Crippen LogP contribution is -2.13. The van der Waals surface area contributed by atoms with Gasteiger partial charge in [-0.05, 0) is 39.7 Å². The molecule has 19 heavy (non-hydrogen) atoms. The fourth-order valence-corrected chi connectivity index (χ4v) is 2.62. The van der Waals surface area contributed by atoms with Crippen LogP contribution in [-0.2, 0) is 20.1 Å². The first-order valence-electron chi connectivity index (χ1n) is 5.99. The van der Waals surface area contributed by atoms with E-state index in [2.05, 4.69) is 26.3 Å². The lowest BCUT2D eigenvalue weighted by molar-refractivity contribution is 0.173. The molecule has 0 fully saturated rings. The molecule has 0 unspecified atom stereocenters. The highest BCUT2D eigenvalue weighted by molar-refractivity contribution is 9.10. The zero-order valence-electron chi connectivity index (χ0n) is 10.5. The van der Waals surface area contributed by atoms with Gasteiger partial charge in [-0.15, -0.1) is 0 Å². The highest BCUT2D eigenvalue weighted by atomic mass is 79.9. The number of nitrogens with one attached hydrogen (secondary N) is 1. The van der Waals surface area contributed by atoms with E-state index in [0.717, 1.165) is 40.3 Å². The Bertz CT molecular complexity index is 598. The molecule has 1 aliphatic rings. The summed E-state index contributed by atoms with van der Waals surface area (Å²) in [7, 11) is 1.92. The van der Waals surface area contributed by atoms with E-state index in [1.165, 1.54) is 0 Å². The van der Waals surface area contributed by atoms with Crippen molar-refractivity contribution in [1.82, 2.24) is 15.1 Å². The van der Waals surface area contributed by atoms with E-state index < -0.39 is 0 Å². The van der Waals surface area contributed by atoms with Gasteiger partial charge in [0.1, 0.15) is 0 Å². The molecular formula is C13H14BrN3O2. The van der Waals surface area contributed by atoms with Gasteiger partial charge in [0.2, 0.25) is 6.79 Å². The summed E-state index contributed by atoms with van der Waals surface area (Å²) in [4.78, 5) is 0. The van der Waals surface area contributed by atoms with Crippen molar-refractivity contribution < 1.29 is 9.47 Å². The monoisotopic (exact) mass is 323 g/mol. The normalized spacial score (nSPS) is 12.9. The number of hydrogen-bond acceptors (Lipinski definition) is 4. The van der Waals surface area contributed by atoms with E-state index in [-0.39, 0.29) is 0 Å². The number of aryl methyl sites for hydroxylation is 1. The number of aromatic nitrogens is 2. The van der Waals surface area contributed by atoms with Crippen molar-refractivity contribution in [3.05, 3.63) is 40.1 Å². The molecule has 5 nitrogen and oxygen atoms in total. The van der Waals surface area contributed by atoms with Crippen molar-refractivity contribution >= 4 is 15.9 Å². The molecule has 1 aromatic carbocycles. The van der Waals surface area contributed by atoms with Gasteiger partial charge in [-0.25, -0.2) is 0 Å². The summed E-state index contributed by atoms with van der Waals surface area (Å²) in [6.07, 6.45) is 1.94. The summed E-state index contributed by atoms with van der Waals surface area (Å²) < 4.78 is 13.5. The number of rotatable bonds is 4. The Labute approximate surface area is 119 Å². The second-order valence-corrected chi connectivity index (χ2v) is 5.25. The maximum absolute atomic E-state index is 5.39. The third-order valence-electron chi connectivity index (χ3n) is 2.89. The quantitative estimate of drug-likeness (QED) is 0.937. The summed E-state index contributed by atoms with van der Waals surface area (Å²) in [6, 6.07) is 6.04. The van der Waals surface area contributed by atoms with Crippen LogP contribution in [0.15, 0.2) is 28.9 Å². The Morgan fingerprint density at radius 2 is 2.26 bits per heavy atom. The van der Waals surface area contributed by atoms with Crippen LogP contribution in [0.3, 0.4) is 0 Å². The second kappa shape index (κ2) is 5.22. The predicted octanol–water partition coefficient (Wildman–Crippen LogP) is 2.20. The average Bonchev–Trinajstić information content (AvgIpc) is 2.98. The third-order valence-corrected chi connectivity index (χ3v) is 3.48. The lowest BCUT2D eigenvalue weighted by Gasteiger charge is -2.06. The van der Waals surface area contributed by atoms with Gasteiger partial charge in [-0.3, -0.25) is 4.68 Å². The van der Waals surface area contributed by atoms with E-state index in [0.29, 0.717) is 6.79 Å². The molecular weight excluding hydrogens is 310 g/mol. The maximum Gasteiger partial charge on any atom is 0.231 e. The predicted molar refractivity (Wildman–Crippen MR) is 74.0 cm³/mol. The first-order valence-corrected chi connectivity index (χ1v) is 6.79. The van der Waals surface area contributed by atoms with Crippen molar-refractivity contribution in [2.45, 2.75) is 13.1 Å². The molecule has 6 heteroatoms. The molecule has 100 valence electrons. The zero-order chi connectivity index (χ0) is 13.2. The minimum atomic E-state index is 0.290. The van der Waals surface area contributed by atoms with Crippen LogP contribution in [-0.4, -0.2) is 16.6 Å². The Balaban J connectivity index is 1.63. The number of halogens is 1. The number of fused-ring (bicyclic) bond motifs is 1. The Kier molecular flexibility index (Phi) is 3.44. The van der Waals surface area contributed by atoms with Gasteiger partial charge in [-0.2, -0.15) is 5.10 Å². The molecule has 0 saturated carbocycles.